The van der Waals surface area contributed by atoms with E-state index >= 15 is 0 Å². The predicted octanol–water partition coefficient (Wildman–Crippen LogP) is 3.28. The minimum absolute atomic E-state index is 0.0169. The maximum Gasteiger partial charge on any atom is 0.296 e. The summed E-state index contributed by atoms with van der Waals surface area (Å²) in [6, 6.07) is 9.56. The molecule has 0 radical (unpaired) electrons. The van der Waals surface area contributed by atoms with Crippen LogP contribution in [0.5, 0.6) is 5.75 Å². The number of anilines is 1. The van der Waals surface area contributed by atoms with Crippen molar-refractivity contribution in [1.29, 1.82) is 0 Å². The lowest BCUT2D eigenvalue weighted by molar-refractivity contribution is -0.384. The van der Waals surface area contributed by atoms with Gasteiger partial charge in [-0.15, -0.1) is 0 Å². The molecule has 0 aromatic heterocycles. The Hall–Kier alpha value is -2.98. The van der Waals surface area contributed by atoms with E-state index in [1.54, 1.807) is 20.8 Å². The lowest BCUT2D eigenvalue weighted by Crippen LogP contribution is -2.30. The minimum Gasteiger partial charge on any atom is -0.494 e. The zero-order valence-corrected chi connectivity index (χ0v) is 17.2. The molecule has 0 saturated heterocycles. The molecule has 156 valence electrons. The van der Waals surface area contributed by atoms with Crippen LogP contribution in [0.2, 0.25) is 0 Å². The van der Waals surface area contributed by atoms with Crippen LogP contribution in [-0.2, 0) is 10.0 Å². The number of ether oxygens (including phenoxy) is 1. The number of benzene rings is 2. The molecule has 10 heteroatoms. The van der Waals surface area contributed by atoms with Crippen LogP contribution in [0.3, 0.4) is 0 Å². The third-order valence-corrected chi connectivity index (χ3v) is 6.25. The summed E-state index contributed by atoms with van der Waals surface area (Å²) in [5, 5.41) is 13.8. The van der Waals surface area contributed by atoms with Crippen molar-refractivity contribution in [3.8, 4) is 5.75 Å². The molecule has 0 spiro atoms. The summed E-state index contributed by atoms with van der Waals surface area (Å²) in [7, 11) is -3.63. The molecule has 0 fully saturated rings. The van der Waals surface area contributed by atoms with Crippen LogP contribution in [0.25, 0.3) is 0 Å². The quantitative estimate of drug-likeness (QED) is 0.490. The average molecular weight is 421 g/mol. The van der Waals surface area contributed by atoms with Crippen LogP contribution in [-0.4, -0.2) is 43.2 Å². The Balaban J connectivity index is 2.25. The smallest absolute Gasteiger partial charge is 0.296 e. The average Bonchev–Trinajstić information content (AvgIpc) is 2.70. The number of rotatable bonds is 9. The van der Waals surface area contributed by atoms with E-state index < -0.39 is 20.9 Å². The zero-order valence-electron chi connectivity index (χ0n) is 16.4. The van der Waals surface area contributed by atoms with E-state index in [9.17, 15) is 23.3 Å². The summed E-state index contributed by atoms with van der Waals surface area (Å²) in [5.41, 5.74) is -0.111. The third kappa shape index (κ3) is 5.09. The number of carbonyl (C=O) groups is 1. The van der Waals surface area contributed by atoms with Gasteiger partial charge in [0.15, 0.2) is 0 Å². The summed E-state index contributed by atoms with van der Waals surface area (Å²) in [6.07, 6.45) is 0. The van der Waals surface area contributed by atoms with Crippen molar-refractivity contribution in [2.75, 3.05) is 25.0 Å². The molecule has 29 heavy (non-hydrogen) atoms. The van der Waals surface area contributed by atoms with Crippen LogP contribution in [0.15, 0.2) is 47.4 Å². The van der Waals surface area contributed by atoms with Crippen molar-refractivity contribution in [1.82, 2.24) is 4.31 Å². The monoisotopic (exact) mass is 421 g/mol. The number of carbonyl (C=O) groups excluding carboxylic acids is 1. The molecule has 0 saturated carbocycles. The number of hydrogen-bond donors (Lipinski definition) is 1. The van der Waals surface area contributed by atoms with Gasteiger partial charge in [0.1, 0.15) is 11.4 Å². The fraction of sp³-hybridized carbons (Fsp3) is 0.316. The Kier molecular flexibility index (Phi) is 7.29. The van der Waals surface area contributed by atoms with E-state index in [2.05, 4.69) is 5.32 Å². The van der Waals surface area contributed by atoms with Gasteiger partial charge in [0.25, 0.3) is 11.6 Å². The number of sulfonamides is 1. The van der Waals surface area contributed by atoms with E-state index in [1.165, 1.54) is 46.8 Å². The Morgan fingerprint density at radius 2 is 1.72 bits per heavy atom. The van der Waals surface area contributed by atoms with Gasteiger partial charge in [-0.25, -0.2) is 8.42 Å². The molecule has 0 aliphatic heterocycles. The molecule has 0 heterocycles. The lowest BCUT2D eigenvalue weighted by atomic mass is 10.2. The van der Waals surface area contributed by atoms with Gasteiger partial charge in [-0.2, -0.15) is 4.31 Å². The van der Waals surface area contributed by atoms with E-state index in [4.69, 9.17) is 4.74 Å². The first-order valence-electron chi connectivity index (χ1n) is 9.07. The van der Waals surface area contributed by atoms with Gasteiger partial charge in [0.05, 0.1) is 22.5 Å². The van der Waals surface area contributed by atoms with Crippen molar-refractivity contribution in [3.63, 3.8) is 0 Å². The predicted molar refractivity (Wildman–Crippen MR) is 109 cm³/mol. The fourth-order valence-corrected chi connectivity index (χ4v) is 4.17. The Bertz CT molecular complexity index is 986. The summed E-state index contributed by atoms with van der Waals surface area (Å²) >= 11 is 0. The molecule has 1 amide bonds. The SMILES string of the molecule is CCOc1ccc(NC(=O)c2ccc(S(=O)(=O)N(CC)CC)cc2)c([N+](=O)[O-])c1. The molecule has 2 aromatic rings. The second-order valence-corrected chi connectivity index (χ2v) is 7.87. The number of nitrogens with zero attached hydrogens (tertiary/aromatic N) is 2. The molecule has 1 N–H and O–H groups in total. The molecule has 0 bridgehead atoms. The molecular weight excluding hydrogens is 398 g/mol. The number of nitro groups is 1. The highest BCUT2D eigenvalue weighted by molar-refractivity contribution is 7.89. The van der Waals surface area contributed by atoms with Crippen LogP contribution in [0.4, 0.5) is 11.4 Å². The topological polar surface area (TPSA) is 119 Å². The van der Waals surface area contributed by atoms with Crippen LogP contribution in [0.1, 0.15) is 31.1 Å². The molecular formula is C19H23N3O6S. The molecule has 0 unspecified atom stereocenters. The largest absolute Gasteiger partial charge is 0.494 e. The second kappa shape index (κ2) is 9.48. The van der Waals surface area contributed by atoms with Crippen molar-refractivity contribution >= 4 is 27.3 Å². The summed E-state index contributed by atoms with van der Waals surface area (Å²) in [4.78, 5) is 23.2. The fourth-order valence-electron chi connectivity index (χ4n) is 2.71. The van der Waals surface area contributed by atoms with E-state index in [0.29, 0.717) is 25.4 Å². The highest BCUT2D eigenvalue weighted by Crippen LogP contribution is 2.29. The molecule has 9 nitrogen and oxygen atoms in total. The molecule has 2 aromatic carbocycles. The van der Waals surface area contributed by atoms with Crippen molar-refractivity contribution < 1.29 is 22.9 Å². The van der Waals surface area contributed by atoms with Crippen LogP contribution in [0, 0.1) is 10.1 Å². The highest BCUT2D eigenvalue weighted by Gasteiger charge is 2.22. The standard InChI is InChI=1S/C19H23N3O6S/c1-4-21(5-2)29(26,27)16-10-7-14(8-11-16)19(23)20-17-12-9-15(28-6-3)13-18(17)22(24)25/h7-13H,4-6H2,1-3H3,(H,20,23). The van der Waals surface area contributed by atoms with Crippen LogP contribution >= 0.6 is 0 Å². The van der Waals surface area contributed by atoms with E-state index in [0.717, 1.165) is 0 Å². The van der Waals surface area contributed by atoms with Crippen molar-refractivity contribution in [2.24, 2.45) is 0 Å². The molecule has 0 aliphatic carbocycles. The van der Waals surface area contributed by atoms with Gasteiger partial charge in [-0.05, 0) is 43.3 Å². The van der Waals surface area contributed by atoms with Gasteiger partial charge in [-0.3, -0.25) is 14.9 Å². The molecule has 0 aliphatic rings. The number of nitro benzene ring substituents is 1. The third-order valence-electron chi connectivity index (χ3n) is 4.18. The molecule has 0 atom stereocenters. The Morgan fingerprint density at radius 3 is 2.24 bits per heavy atom. The van der Waals surface area contributed by atoms with Gasteiger partial charge in [0, 0.05) is 18.7 Å². The summed E-state index contributed by atoms with van der Waals surface area (Å²) in [6.45, 7) is 6.27. The normalized spacial score (nSPS) is 11.3. The number of hydrogen-bond acceptors (Lipinski definition) is 6. The highest BCUT2D eigenvalue weighted by atomic mass is 32.2. The van der Waals surface area contributed by atoms with Crippen molar-refractivity contribution in [2.45, 2.75) is 25.7 Å². The summed E-state index contributed by atoms with van der Waals surface area (Å²) < 4.78 is 31.6. The van der Waals surface area contributed by atoms with Gasteiger partial charge in [-0.1, -0.05) is 13.8 Å². The zero-order chi connectivity index (χ0) is 21.6. The minimum atomic E-state index is -3.63. The van der Waals surface area contributed by atoms with Gasteiger partial charge in [0.2, 0.25) is 10.0 Å². The van der Waals surface area contributed by atoms with Gasteiger partial charge < -0.3 is 10.1 Å². The second-order valence-electron chi connectivity index (χ2n) is 5.94. The first kappa shape index (κ1) is 22.3. The summed E-state index contributed by atoms with van der Waals surface area (Å²) in [5.74, 6) is -0.271. The Labute approximate surface area is 169 Å². The van der Waals surface area contributed by atoms with Crippen molar-refractivity contribution in [3.05, 3.63) is 58.1 Å². The first-order chi connectivity index (χ1) is 13.7. The molecule has 2 rings (SSSR count). The van der Waals surface area contributed by atoms with Gasteiger partial charge >= 0.3 is 0 Å². The maximum absolute atomic E-state index is 12.5. The van der Waals surface area contributed by atoms with Crippen LogP contribution < -0.4 is 10.1 Å². The number of amides is 1. The van der Waals surface area contributed by atoms with E-state index in [1.807, 2.05) is 0 Å². The Morgan fingerprint density at radius 1 is 1.10 bits per heavy atom. The number of nitrogens with one attached hydrogen (secondary N) is 1. The lowest BCUT2D eigenvalue weighted by Gasteiger charge is -2.18. The first-order valence-corrected chi connectivity index (χ1v) is 10.5. The van der Waals surface area contributed by atoms with E-state index in [-0.39, 0.29) is 21.8 Å². The maximum atomic E-state index is 12.5.